The molecule has 0 saturated carbocycles. The van der Waals surface area contributed by atoms with Gasteiger partial charge in [0, 0.05) is 23.6 Å². The molecule has 0 saturated heterocycles. The van der Waals surface area contributed by atoms with Crippen LogP contribution in [0, 0.1) is 6.92 Å². The van der Waals surface area contributed by atoms with Crippen LogP contribution in [0.25, 0.3) is 0 Å². The molecule has 2 aromatic carbocycles. The third-order valence-electron chi connectivity index (χ3n) is 5.76. The fourth-order valence-electron chi connectivity index (χ4n) is 4.43. The summed E-state index contributed by atoms with van der Waals surface area (Å²) in [5.74, 6) is 0.865. The monoisotopic (exact) mass is 372 g/mol. The molecule has 28 heavy (non-hydrogen) atoms. The molecule has 0 amide bonds. The molecular formula is C23H20N2O3. The minimum absolute atomic E-state index is 0.144. The SMILES string of the molecule is Cc1noc2c1[C@H](c1ccc(O)cc1)C1=C(C[C@H](c3ccccc3)CC1=O)N2. The quantitative estimate of drug-likeness (QED) is 0.685. The smallest absolute Gasteiger partial charge is 0.233 e. The van der Waals surface area contributed by atoms with Crippen molar-refractivity contribution in [1.82, 2.24) is 5.16 Å². The van der Waals surface area contributed by atoms with Gasteiger partial charge in [-0.2, -0.15) is 0 Å². The van der Waals surface area contributed by atoms with Crippen LogP contribution in [0.2, 0.25) is 0 Å². The van der Waals surface area contributed by atoms with E-state index in [-0.39, 0.29) is 23.4 Å². The number of aromatic hydroxyl groups is 1. The molecule has 0 bridgehead atoms. The van der Waals surface area contributed by atoms with Crippen molar-refractivity contribution in [2.75, 3.05) is 5.32 Å². The molecule has 1 aromatic heterocycles. The van der Waals surface area contributed by atoms with Crippen molar-refractivity contribution >= 4 is 11.7 Å². The number of ketones is 1. The van der Waals surface area contributed by atoms with Gasteiger partial charge in [-0.3, -0.25) is 4.79 Å². The molecule has 2 aliphatic rings. The maximum Gasteiger partial charge on any atom is 0.233 e. The lowest BCUT2D eigenvalue weighted by Gasteiger charge is -2.34. The summed E-state index contributed by atoms with van der Waals surface area (Å²) in [6.07, 6.45) is 1.23. The van der Waals surface area contributed by atoms with E-state index in [1.54, 1.807) is 12.1 Å². The first-order valence-electron chi connectivity index (χ1n) is 9.45. The lowest BCUT2D eigenvalue weighted by atomic mass is 9.72. The largest absolute Gasteiger partial charge is 0.508 e. The van der Waals surface area contributed by atoms with Gasteiger partial charge in [-0.15, -0.1) is 0 Å². The highest BCUT2D eigenvalue weighted by atomic mass is 16.5. The average molecular weight is 372 g/mol. The van der Waals surface area contributed by atoms with Gasteiger partial charge in [0.1, 0.15) is 5.75 Å². The number of phenolic OH excluding ortho intramolecular Hbond substituents is 1. The lowest BCUT2D eigenvalue weighted by Crippen LogP contribution is -2.29. The summed E-state index contributed by atoms with van der Waals surface area (Å²) in [7, 11) is 0. The molecule has 3 aromatic rings. The van der Waals surface area contributed by atoms with Crippen molar-refractivity contribution in [2.45, 2.75) is 31.6 Å². The Hall–Kier alpha value is -3.34. The van der Waals surface area contributed by atoms with Gasteiger partial charge in [0.05, 0.1) is 11.3 Å². The number of carbonyl (C=O) groups is 1. The first kappa shape index (κ1) is 16.8. The molecule has 1 aliphatic carbocycles. The van der Waals surface area contributed by atoms with Crippen LogP contribution in [0.3, 0.4) is 0 Å². The van der Waals surface area contributed by atoms with Crippen molar-refractivity contribution in [3.05, 3.63) is 88.3 Å². The van der Waals surface area contributed by atoms with Crippen molar-refractivity contribution in [1.29, 1.82) is 0 Å². The maximum atomic E-state index is 13.3. The van der Waals surface area contributed by atoms with Crippen molar-refractivity contribution in [2.24, 2.45) is 0 Å². The molecule has 0 radical (unpaired) electrons. The average Bonchev–Trinajstić information content (AvgIpc) is 3.08. The molecule has 0 spiro atoms. The van der Waals surface area contributed by atoms with Crippen LogP contribution < -0.4 is 5.32 Å². The van der Waals surface area contributed by atoms with Gasteiger partial charge in [0.2, 0.25) is 5.88 Å². The Morgan fingerprint density at radius 2 is 1.79 bits per heavy atom. The zero-order chi connectivity index (χ0) is 19.3. The predicted molar refractivity (Wildman–Crippen MR) is 105 cm³/mol. The van der Waals surface area contributed by atoms with Crippen molar-refractivity contribution in [3.8, 4) is 5.75 Å². The third-order valence-corrected chi connectivity index (χ3v) is 5.76. The van der Waals surface area contributed by atoms with Crippen molar-refractivity contribution in [3.63, 3.8) is 0 Å². The summed E-state index contributed by atoms with van der Waals surface area (Å²) in [4.78, 5) is 13.3. The second-order valence-electron chi connectivity index (χ2n) is 7.49. The summed E-state index contributed by atoms with van der Waals surface area (Å²) in [5.41, 5.74) is 5.49. The fourth-order valence-corrected chi connectivity index (χ4v) is 4.43. The van der Waals surface area contributed by atoms with Crippen LogP contribution in [0.4, 0.5) is 5.88 Å². The molecule has 5 nitrogen and oxygen atoms in total. The van der Waals surface area contributed by atoms with E-state index in [0.29, 0.717) is 12.3 Å². The van der Waals surface area contributed by atoms with Crippen LogP contribution in [-0.4, -0.2) is 16.0 Å². The van der Waals surface area contributed by atoms with Crippen molar-refractivity contribution < 1.29 is 14.4 Å². The number of fused-ring (bicyclic) bond motifs is 1. The fraction of sp³-hybridized carbons (Fsp3) is 0.217. The number of allylic oxidation sites excluding steroid dienone is 2. The van der Waals surface area contributed by atoms with E-state index in [2.05, 4.69) is 22.6 Å². The summed E-state index contributed by atoms with van der Waals surface area (Å²) in [6.45, 7) is 1.89. The summed E-state index contributed by atoms with van der Waals surface area (Å²) in [5, 5.41) is 17.2. The van der Waals surface area contributed by atoms with Crippen LogP contribution in [0.5, 0.6) is 5.75 Å². The highest BCUT2D eigenvalue weighted by molar-refractivity contribution is 6.01. The van der Waals surface area contributed by atoms with E-state index in [0.717, 1.165) is 34.5 Å². The van der Waals surface area contributed by atoms with Crippen LogP contribution in [-0.2, 0) is 4.79 Å². The van der Waals surface area contributed by atoms with E-state index in [4.69, 9.17) is 4.52 Å². The van der Waals surface area contributed by atoms with E-state index in [9.17, 15) is 9.90 Å². The molecule has 5 heteroatoms. The minimum atomic E-state index is -0.234. The normalized spacial score (nSPS) is 21.1. The summed E-state index contributed by atoms with van der Waals surface area (Å²) >= 11 is 0. The highest BCUT2D eigenvalue weighted by Crippen LogP contribution is 2.49. The van der Waals surface area contributed by atoms with Gasteiger partial charge in [-0.05, 0) is 42.5 Å². The number of phenols is 1. The molecule has 2 heterocycles. The zero-order valence-corrected chi connectivity index (χ0v) is 15.5. The van der Waals surface area contributed by atoms with Crippen LogP contribution in [0.1, 0.15) is 47.1 Å². The number of nitrogens with zero attached hydrogens (tertiary/aromatic N) is 1. The second kappa shape index (κ2) is 6.37. The zero-order valence-electron chi connectivity index (χ0n) is 15.5. The van der Waals surface area contributed by atoms with Crippen LogP contribution >= 0.6 is 0 Å². The maximum absolute atomic E-state index is 13.3. The van der Waals surface area contributed by atoms with Gasteiger partial charge >= 0.3 is 0 Å². The van der Waals surface area contributed by atoms with E-state index >= 15 is 0 Å². The molecule has 2 N–H and O–H groups in total. The van der Waals surface area contributed by atoms with Gasteiger partial charge < -0.3 is 14.9 Å². The number of nitrogens with one attached hydrogen (secondary N) is 1. The Balaban J connectivity index is 1.63. The minimum Gasteiger partial charge on any atom is -0.508 e. The van der Waals surface area contributed by atoms with Gasteiger partial charge in [-0.1, -0.05) is 47.6 Å². The molecule has 1 aliphatic heterocycles. The summed E-state index contributed by atoms with van der Waals surface area (Å²) in [6, 6.07) is 17.2. The number of aryl methyl sites for hydroxylation is 1. The standard InChI is InChI=1S/C23H20N2O3/c1-13-20-21(15-7-9-17(26)10-8-15)22-18(24-23(20)28-25-13)11-16(12-19(22)27)14-5-3-2-4-6-14/h2-10,16,21,24,26H,11-12H2,1H3/t16-,21-/m0/s1. The Bertz CT molecular complexity index is 1080. The molecule has 2 atom stereocenters. The molecule has 140 valence electrons. The molecule has 0 unspecified atom stereocenters. The Morgan fingerprint density at radius 3 is 2.54 bits per heavy atom. The van der Waals surface area contributed by atoms with E-state index in [1.807, 2.05) is 37.3 Å². The van der Waals surface area contributed by atoms with Gasteiger partial charge in [0.15, 0.2) is 5.78 Å². The number of Topliss-reactive ketones (excluding diaryl/α,β-unsaturated/α-hetero) is 1. The van der Waals surface area contributed by atoms with E-state index < -0.39 is 0 Å². The Kier molecular flexibility index (Phi) is 3.83. The number of anilines is 1. The Labute approximate surface area is 162 Å². The second-order valence-corrected chi connectivity index (χ2v) is 7.49. The Morgan fingerprint density at radius 1 is 1.04 bits per heavy atom. The topological polar surface area (TPSA) is 75.4 Å². The predicted octanol–water partition coefficient (Wildman–Crippen LogP) is 4.65. The molecular weight excluding hydrogens is 352 g/mol. The number of aromatic nitrogens is 1. The lowest BCUT2D eigenvalue weighted by molar-refractivity contribution is -0.116. The van der Waals surface area contributed by atoms with Gasteiger partial charge in [-0.25, -0.2) is 0 Å². The number of rotatable bonds is 2. The van der Waals surface area contributed by atoms with E-state index in [1.165, 1.54) is 5.56 Å². The number of hydrogen-bond donors (Lipinski definition) is 2. The number of hydrogen-bond acceptors (Lipinski definition) is 5. The number of benzene rings is 2. The van der Waals surface area contributed by atoms with Crippen LogP contribution in [0.15, 0.2) is 70.4 Å². The third kappa shape index (κ3) is 2.62. The highest BCUT2D eigenvalue weighted by Gasteiger charge is 2.41. The number of carbonyl (C=O) groups excluding carboxylic acids is 1. The van der Waals surface area contributed by atoms with Gasteiger partial charge in [0.25, 0.3) is 0 Å². The first-order valence-corrected chi connectivity index (χ1v) is 9.45. The summed E-state index contributed by atoms with van der Waals surface area (Å²) < 4.78 is 5.53. The molecule has 0 fully saturated rings. The first-order chi connectivity index (χ1) is 13.6. The molecule has 5 rings (SSSR count).